The van der Waals surface area contributed by atoms with Crippen molar-refractivity contribution in [1.82, 2.24) is 0 Å². The minimum atomic E-state index is -0.00832. The van der Waals surface area contributed by atoms with Gasteiger partial charge in [0.05, 0.1) is 39.6 Å². The molecule has 310 valence electrons. The number of benzene rings is 6. The van der Waals surface area contributed by atoms with Crippen molar-refractivity contribution >= 4 is 106 Å². The molecule has 0 aliphatic heterocycles. The lowest BCUT2D eigenvalue weighted by molar-refractivity contribution is 0.282. The lowest BCUT2D eigenvalue weighted by atomic mass is 9.89. The molecule has 0 radical (unpaired) electrons. The number of rotatable bonds is 10. The van der Waals surface area contributed by atoms with E-state index < -0.39 is 0 Å². The first-order valence-electron chi connectivity index (χ1n) is 20.8. The van der Waals surface area contributed by atoms with Gasteiger partial charge in [-0.05, 0) is 75.3 Å². The summed E-state index contributed by atoms with van der Waals surface area (Å²) in [5.74, 6) is 1.70. The monoisotopic (exact) mass is 936 g/mol. The Morgan fingerprint density at radius 1 is 0.359 bits per heavy atom. The Morgan fingerprint density at radius 2 is 0.734 bits per heavy atom. The zero-order valence-electron chi connectivity index (χ0n) is 34.5. The van der Waals surface area contributed by atoms with Gasteiger partial charge in [-0.3, -0.25) is 0 Å². The Morgan fingerprint density at radius 3 is 1.23 bits per heavy atom. The van der Waals surface area contributed by atoms with E-state index in [0.29, 0.717) is 0 Å². The van der Waals surface area contributed by atoms with E-state index in [9.17, 15) is 5.11 Å². The average Bonchev–Trinajstić information content (AvgIpc) is 4.21. The van der Waals surface area contributed by atoms with Crippen LogP contribution < -0.4 is 9.47 Å². The smallest absolute Gasteiger partial charge is 0.126 e. The maximum atomic E-state index is 10.4. The van der Waals surface area contributed by atoms with Gasteiger partial charge in [0.2, 0.25) is 0 Å². The Bertz CT molecular complexity index is 3640. The summed E-state index contributed by atoms with van der Waals surface area (Å²) in [5, 5.41) is 10.4. The van der Waals surface area contributed by atoms with Crippen molar-refractivity contribution in [2.24, 2.45) is 0 Å². The number of methoxy groups -OCH3 is 2. The molecule has 0 bridgehead atoms. The summed E-state index contributed by atoms with van der Waals surface area (Å²) >= 11 is 11.4. The molecule has 6 heterocycles. The second-order valence-electron chi connectivity index (χ2n) is 15.5. The molecule has 0 saturated carbocycles. The molecule has 0 spiro atoms. The summed E-state index contributed by atoms with van der Waals surface area (Å²) in [6.45, 7) is -0.00832. The van der Waals surface area contributed by atoms with E-state index in [1.54, 1.807) is 14.2 Å². The van der Waals surface area contributed by atoms with Crippen molar-refractivity contribution in [1.29, 1.82) is 0 Å². The van der Waals surface area contributed by atoms with Crippen molar-refractivity contribution in [3.8, 4) is 86.6 Å². The van der Waals surface area contributed by atoms with Crippen molar-refractivity contribution in [2.45, 2.75) is 6.61 Å². The summed E-state index contributed by atoms with van der Waals surface area (Å²) in [4.78, 5) is 5.11. The van der Waals surface area contributed by atoms with Crippen LogP contribution in [0.25, 0.3) is 113 Å². The van der Waals surface area contributed by atoms with Crippen molar-refractivity contribution < 1.29 is 14.6 Å². The Balaban J connectivity index is 0.961. The number of hydrogen-bond donors (Lipinski definition) is 1. The maximum absolute atomic E-state index is 10.4. The largest absolute Gasteiger partial charge is 0.496 e. The Kier molecular flexibility index (Phi) is 10.1. The van der Waals surface area contributed by atoms with Crippen LogP contribution in [0.5, 0.6) is 11.5 Å². The maximum Gasteiger partial charge on any atom is 0.126 e. The van der Waals surface area contributed by atoms with Gasteiger partial charge in [0.15, 0.2) is 0 Å². The molecule has 9 heteroatoms. The van der Waals surface area contributed by atoms with Crippen LogP contribution in [0, 0.1) is 0 Å². The number of hydrogen-bond acceptors (Lipinski definition) is 9. The van der Waals surface area contributed by atoms with E-state index in [0.717, 1.165) is 50.4 Å². The molecule has 6 aromatic heterocycles. The third-order valence-corrected chi connectivity index (χ3v) is 19.6. The van der Waals surface area contributed by atoms with E-state index in [1.165, 1.54) is 79.4 Å². The van der Waals surface area contributed by atoms with E-state index in [-0.39, 0.29) is 6.61 Å². The van der Waals surface area contributed by atoms with Crippen molar-refractivity contribution in [3.05, 3.63) is 169 Å². The van der Waals surface area contributed by atoms with Crippen molar-refractivity contribution in [3.63, 3.8) is 0 Å². The summed E-state index contributed by atoms with van der Waals surface area (Å²) in [5.41, 5.74) is 12.3. The standard InChI is InChI=1S/C55H36O3S6/c1-57-40-24-10-8-18-35(40)38-22-13-23-39(36-19-9-11-25-41(36)58-2)51(38)45-29-49-55(64-45)53-47(60-49)27-43(62-53)42-26-46-52(61-42)54-48(59-46)28-44(63-54)50-34(31-14-4-3-5-15-31)20-12-21-37(50)33-17-7-6-16-32(33)30-56/h3-29,56H,30H2,1-2H3. The Hall–Kier alpha value is -5.88. The molecule has 0 aliphatic rings. The zero-order chi connectivity index (χ0) is 42.9. The van der Waals surface area contributed by atoms with Gasteiger partial charge >= 0.3 is 0 Å². The molecular weight excluding hydrogens is 901 g/mol. The fourth-order valence-electron chi connectivity index (χ4n) is 8.98. The molecule has 0 fully saturated rings. The number of aliphatic hydroxyl groups excluding tert-OH is 1. The molecule has 0 amide bonds. The molecule has 6 aromatic carbocycles. The van der Waals surface area contributed by atoms with Crippen LogP contribution in [0.4, 0.5) is 0 Å². The highest BCUT2D eigenvalue weighted by atomic mass is 32.1. The second kappa shape index (κ2) is 16.3. The minimum absolute atomic E-state index is 0.00832. The third kappa shape index (κ3) is 6.57. The number of fused-ring (bicyclic) bond motifs is 6. The number of ether oxygens (including phenoxy) is 2. The molecule has 64 heavy (non-hydrogen) atoms. The van der Waals surface area contributed by atoms with E-state index in [4.69, 9.17) is 9.47 Å². The average molecular weight is 937 g/mol. The highest BCUT2D eigenvalue weighted by Crippen LogP contribution is 2.55. The molecule has 12 rings (SSSR count). The SMILES string of the molecule is COc1ccccc1-c1cccc(-c2ccccc2OC)c1-c1cc2sc3cc(-c4cc5sc6cc(-c7c(-c8ccccc8)cccc7-c7ccccc7CO)sc6c5s4)sc3c2s1. The summed E-state index contributed by atoms with van der Waals surface area (Å²) in [6, 6.07) is 58.3. The molecule has 0 unspecified atom stereocenters. The molecule has 0 saturated heterocycles. The minimum Gasteiger partial charge on any atom is -0.496 e. The first-order chi connectivity index (χ1) is 31.6. The van der Waals surface area contributed by atoms with Gasteiger partial charge in [0.1, 0.15) is 11.5 Å². The van der Waals surface area contributed by atoms with Crippen molar-refractivity contribution in [2.75, 3.05) is 14.2 Å². The van der Waals surface area contributed by atoms with E-state index in [2.05, 4.69) is 127 Å². The highest BCUT2D eigenvalue weighted by Gasteiger charge is 2.24. The lowest BCUT2D eigenvalue weighted by Crippen LogP contribution is -1.94. The zero-order valence-corrected chi connectivity index (χ0v) is 39.4. The number of aliphatic hydroxyl groups is 1. The molecular formula is C55H36O3S6. The van der Waals surface area contributed by atoms with Gasteiger partial charge in [-0.15, -0.1) is 68.0 Å². The second-order valence-corrected chi connectivity index (χ2v) is 21.8. The topological polar surface area (TPSA) is 38.7 Å². The predicted molar refractivity (Wildman–Crippen MR) is 281 cm³/mol. The summed E-state index contributed by atoms with van der Waals surface area (Å²) in [6.07, 6.45) is 0. The van der Waals surface area contributed by atoms with E-state index >= 15 is 0 Å². The number of para-hydroxylation sites is 2. The first-order valence-corrected chi connectivity index (χ1v) is 25.7. The van der Waals surface area contributed by atoms with Crippen LogP contribution in [-0.2, 0) is 6.61 Å². The van der Waals surface area contributed by atoms with Gasteiger partial charge in [0, 0.05) is 60.6 Å². The third-order valence-electron chi connectivity index (χ3n) is 11.9. The number of thiophene rings is 6. The molecule has 1 N–H and O–H groups in total. The van der Waals surface area contributed by atoms with E-state index in [1.807, 2.05) is 104 Å². The van der Waals surface area contributed by atoms with Crippen LogP contribution in [-0.4, -0.2) is 19.3 Å². The normalized spacial score (nSPS) is 11.7. The quantitative estimate of drug-likeness (QED) is 0.148. The highest BCUT2D eigenvalue weighted by molar-refractivity contribution is 7.42. The first kappa shape index (κ1) is 39.7. The summed E-state index contributed by atoms with van der Waals surface area (Å²) in [7, 11) is 3.49. The van der Waals surface area contributed by atoms with Gasteiger partial charge < -0.3 is 14.6 Å². The van der Waals surface area contributed by atoms with Gasteiger partial charge in [-0.25, -0.2) is 0 Å². The van der Waals surface area contributed by atoms with Crippen LogP contribution in [0.2, 0.25) is 0 Å². The molecule has 3 nitrogen and oxygen atoms in total. The lowest BCUT2D eigenvalue weighted by Gasteiger charge is -2.18. The van der Waals surface area contributed by atoms with Gasteiger partial charge in [0.25, 0.3) is 0 Å². The predicted octanol–water partition coefficient (Wildman–Crippen LogP) is 17.8. The van der Waals surface area contributed by atoms with Crippen LogP contribution in [0.3, 0.4) is 0 Å². The molecule has 0 aliphatic carbocycles. The van der Waals surface area contributed by atoms with Crippen LogP contribution in [0.15, 0.2) is 164 Å². The van der Waals surface area contributed by atoms with Gasteiger partial charge in [-0.2, -0.15) is 0 Å². The molecule has 0 atom stereocenters. The van der Waals surface area contributed by atoms with Gasteiger partial charge in [-0.1, -0.05) is 127 Å². The fourth-order valence-corrected chi connectivity index (χ4v) is 17.2. The summed E-state index contributed by atoms with van der Waals surface area (Å²) < 4.78 is 22.5. The van der Waals surface area contributed by atoms with Crippen LogP contribution >= 0.6 is 68.0 Å². The molecule has 12 aromatic rings. The Labute approximate surface area is 394 Å². The fraction of sp³-hybridized carbons (Fsp3) is 0.0545. The van der Waals surface area contributed by atoms with Crippen LogP contribution in [0.1, 0.15) is 5.56 Å².